The third-order valence-electron chi connectivity index (χ3n) is 7.94. The van der Waals surface area contributed by atoms with Gasteiger partial charge in [-0.3, -0.25) is 4.79 Å². The predicted molar refractivity (Wildman–Crippen MR) is 187 cm³/mol. The molecule has 1 unspecified atom stereocenters. The molecule has 1 atom stereocenters. The van der Waals surface area contributed by atoms with Crippen molar-refractivity contribution in [2.75, 3.05) is 50.5 Å². The fourth-order valence-electron chi connectivity index (χ4n) is 5.41. The zero-order valence-corrected chi connectivity index (χ0v) is 27.5. The quantitative estimate of drug-likeness (QED) is 0.0619. The van der Waals surface area contributed by atoms with E-state index in [9.17, 15) is 9.18 Å². The van der Waals surface area contributed by atoms with Crippen molar-refractivity contribution in [1.82, 2.24) is 15.2 Å². The number of ether oxygens (including phenoxy) is 1. The molecule has 0 saturated carbocycles. The second-order valence-electron chi connectivity index (χ2n) is 11.2. The number of anilines is 2. The first kappa shape index (κ1) is 34.0. The summed E-state index contributed by atoms with van der Waals surface area (Å²) in [7, 11) is 1.67. The highest BCUT2D eigenvalue weighted by Crippen LogP contribution is 2.38. The highest BCUT2D eigenvalue weighted by Gasteiger charge is 2.16. The van der Waals surface area contributed by atoms with E-state index in [4.69, 9.17) is 21.3 Å². The number of unbranched alkanes of at least 4 members (excludes halogenated alkanes) is 1. The number of halogens is 2. The zero-order chi connectivity index (χ0) is 32.2. The predicted octanol–water partition coefficient (Wildman–Crippen LogP) is 8.13. The van der Waals surface area contributed by atoms with Crippen LogP contribution in [0.25, 0.3) is 27.9 Å². The molecule has 0 aliphatic heterocycles. The van der Waals surface area contributed by atoms with E-state index in [1.54, 1.807) is 25.3 Å². The lowest BCUT2D eigenvalue weighted by Crippen LogP contribution is -2.25. The largest absolute Gasteiger partial charge is 0.497 e. The number of hydrogen-bond donors (Lipinski definition) is 3. The summed E-state index contributed by atoms with van der Waals surface area (Å²) in [5, 5.41) is 12.9. The molecule has 1 heterocycles. The number of nitrogens with zero attached hydrogens (tertiary/aromatic N) is 2. The number of methoxy groups -OCH3 is 1. The van der Waals surface area contributed by atoms with Crippen LogP contribution in [0.1, 0.15) is 52.0 Å². The highest BCUT2D eigenvalue weighted by molar-refractivity contribution is 6.31. The Morgan fingerprint density at radius 3 is 2.60 bits per heavy atom. The summed E-state index contributed by atoms with van der Waals surface area (Å²) in [6.45, 7) is 11.1. The van der Waals surface area contributed by atoms with Gasteiger partial charge in [-0.05, 0) is 100 Å². The second-order valence-corrected chi connectivity index (χ2v) is 11.7. The summed E-state index contributed by atoms with van der Waals surface area (Å²) < 4.78 is 19.0. The van der Waals surface area contributed by atoms with Gasteiger partial charge >= 0.3 is 0 Å². The average Bonchev–Trinajstić information content (AvgIpc) is 3.03. The third-order valence-corrected chi connectivity index (χ3v) is 8.18. The van der Waals surface area contributed by atoms with Gasteiger partial charge < -0.3 is 25.6 Å². The maximum absolute atomic E-state index is 13.3. The average molecular weight is 634 g/mol. The van der Waals surface area contributed by atoms with Crippen LogP contribution in [0, 0.1) is 5.82 Å². The van der Waals surface area contributed by atoms with Crippen molar-refractivity contribution < 1.29 is 13.9 Å². The van der Waals surface area contributed by atoms with Gasteiger partial charge in [0.25, 0.3) is 0 Å². The van der Waals surface area contributed by atoms with Crippen LogP contribution in [0.2, 0.25) is 5.02 Å². The number of amides is 1. The Hall–Kier alpha value is -3.88. The molecule has 0 bridgehead atoms. The van der Waals surface area contributed by atoms with Gasteiger partial charge in [0, 0.05) is 47.1 Å². The number of nitrogens with one attached hydrogen (secondary N) is 3. The number of hydrogen-bond acceptors (Lipinski definition) is 6. The van der Waals surface area contributed by atoms with Crippen molar-refractivity contribution in [1.29, 1.82) is 0 Å². The Balaban J connectivity index is 1.44. The van der Waals surface area contributed by atoms with E-state index in [-0.39, 0.29) is 17.8 Å². The Morgan fingerprint density at radius 1 is 1.04 bits per heavy atom. The first-order chi connectivity index (χ1) is 21.8. The second kappa shape index (κ2) is 17.0. The molecule has 1 amide bonds. The lowest BCUT2D eigenvalue weighted by atomic mass is 10.0. The molecular formula is C36H45ClFN5O2. The van der Waals surface area contributed by atoms with Crippen molar-refractivity contribution in [3.63, 3.8) is 0 Å². The summed E-state index contributed by atoms with van der Waals surface area (Å²) in [5.74, 6) is 0.210. The number of fused-ring (bicyclic) bond motifs is 2. The molecule has 7 nitrogen and oxygen atoms in total. The van der Waals surface area contributed by atoms with Crippen molar-refractivity contribution in [2.45, 2.75) is 52.5 Å². The molecule has 1 aromatic heterocycles. The summed E-state index contributed by atoms with van der Waals surface area (Å²) in [6, 6.07) is 16.2. The lowest BCUT2D eigenvalue weighted by Gasteiger charge is -2.22. The monoisotopic (exact) mass is 633 g/mol. The Labute approximate surface area is 271 Å². The minimum absolute atomic E-state index is 0.205. The van der Waals surface area contributed by atoms with E-state index in [0.29, 0.717) is 23.7 Å². The van der Waals surface area contributed by atoms with Crippen LogP contribution in [-0.2, 0) is 4.79 Å². The van der Waals surface area contributed by atoms with Crippen molar-refractivity contribution >= 4 is 56.8 Å². The first-order valence-corrected chi connectivity index (χ1v) is 16.2. The number of aromatic nitrogens is 1. The van der Waals surface area contributed by atoms with E-state index in [2.05, 4.69) is 41.6 Å². The molecule has 0 aliphatic carbocycles. The summed E-state index contributed by atoms with van der Waals surface area (Å²) in [5.41, 5.74) is 4.23. The molecule has 0 aliphatic rings. The van der Waals surface area contributed by atoms with Gasteiger partial charge in [0.05, 0.1) is 29.5 Å². The molecule has 0 saturated heterocycles. The SMILES string of the molecule is CCN(CC)CCCC(C)Nc1c2ccc(Cl)cc2nc2c(NCCCCNC(=O)/C=C/c3cccc(F)c3)cc(OC)cc12. The van der Waals surface area contributed by atoms with Gasteiger partial charge in [-0.1, -0.05) is 37.6 Å². The van der Waals surface area contributed by atoms with Crippen LogP contribution in [0.3, 0.4) is 0 Å². The van der Waals surface area contributed by atoms with Crippen LogP contribution < -0.4 is 20.7 Å². The summed E-state index contributed by atoms with van der Waals surface area (Å²) in [4.78, 5) is 19.7. The minimum atomic E-state index is -0.329. The van der Waals surface area contributed by atoms with E-state index in [1.165, 1.54) is 18.2 Å². The molecule has 3 aromatic carbocycles. The number of carbonyl (C=O) groups excluding carboxylic acids is 1. The van der Waals surface area contributed by atoms with Crippen molar-refractivity contribution in [3.05, 3.63) is 77.1 Å². The molecule has 3 N–H and O–H groups in total. The van der Waals surface area contributed by atoms with Gasteiger partial charge in [-0.2, -0.15) is 0 Å². The molecule has 4 rings (SSSR count). The molecule has 240 valence electrons. The lowest BCUT2D eigenvalue weighted by molar-refractivity contribution is -0.116. The number of carbonyl (C=O) groups is 1. The van der Waals surface area contributed by atoms with Gasteiger partial charge in [0.2, 0.25) is 5.91 Å². The maximum atomic E-state index is 13.3. The van der Waals surface area contributed by atoms with E-state index >= 15 is 0 Å². The van der Waals surface area contributed by atoms with Gasteiger partial charge in [-0.15, -0.1) is 0 Å². The summed E-state index contributed by atoms with van der Waals surface area (Å²) in [6.07, 6.45) is 6.81. The number of pyridine rings is 1. The van der Waals surface area contributed by atoms with Crippen LogP contribution >= 0.6 is 11.6 Å². The Morgan fingerprint density at radius 2 is 1.84 bits per heavy atom. The van der Waals surface area contributed by atoms with Gasteiger partial charge in [0.15, 0.2) is 0 Å². The number of rotatable bonds is 17. The minimum Gasteiger partial charge on any atom is -0.497 e. The molecular weight excluding hydrogens is 589 g/mol. The van der Waals surface area contributed by atoms with Crippen LogP contribution in [0.15, 0.2) is 60.7 Å². The van der Waals surface area contributed by atoms with Crippen LogP contribution in [0.5, 0.6) is 5.75 Å². The molecule has 4 aromatic rings. The van der Waals surface area contributed by atoms with Crippen LogP contribution in [-0.4, -0.2) is 61.7 Å². The van der Waals surface area contributed by atoms with E-state index < -0.39 is 0 Å². The van der Waals surface area contributed by atoms with Gasteiger partial charge in [-0.25, -0.2) is 9.37 Å². The zero-order valence-electron chi connectivity index (χ0n) is 26.8. The molecule has 45 heavy (non-hydrogen) atoms. The smallest absolute Gasteiger partial charge is 0.243 e. The normalized spacial score (nSPS) is 12.2. The van der Waals surface area contributed by atoms with E-state index in [1.807, 2.05) is 30.3 Å². The molecule has 0 spiro atoms. The summed E-state index contributed by atoms with van der Waals surface area (Å²) >= 11 is 6.40. The maximum Gasteiger partial charge on any atom is 0.243 e. The Kier molecular flexibility index (Phi) is 12.8. The van der Waals surface area contributed by atoms with E-state index in [0.717, 1.165) is 84.2 Å². The van der Waals surface area contributed by atoms with Crippen molar-refractivity contribution in [2.24, 2.45) is 0 Å². The third kappa shape index (κ3) is 9.80. The molecule has 9 heteroatoms. The number of benzene rings is 3. The fourth-order valence-corrected chi connectivity index (χ4v) is 5.57. The topological polar surface area (TPSA) is 78.5 Å². The molecule has 0 radical (unpaired) electrons. The highest BCUT2D eigenvalue weighted by atomic mass is 35.5. The Bertz CT molecular complexity index is 1610. The van der Waals surface area contributed by atoms with Gasteiger partial charge in [0.1, 0.15) is 11.6 Å². The fraction of sp³-hybridized carbons (Fsp3) is 0.389. The van der Waals surface area contributed by atoms with Crippen LogP contribution in [0.4, 0.5) is 15.8 Å². The van der Waals surface area contributed by atoms with Crippen molar-refractivity contribution in [3.8, 4) is 5.75 Å². The standard InChI is InChI=1S/C36H45ClFN5O2/c1-5-43(6-2)20-10-11-25(3)41-35-30-16-15-27(37)22-32(30)42-36-31(35)23-29(45-4)24-33(36)39-18-7-8-19-40-34(44)17-14-26-12-9-13-28(38)21-26/h9,12-17,21-25,39H,5-8,10-11,18-20H2,1-4H3,(H,40,44)(H,41,42)/b17-14+. The molecule has 0 fully saturated rings. The first-order valence-electron chi connectivity index (χ1n) is 15.9.